The van der Waals surface area contributed by atoms with E-state index in [0.29, 0.717) is 5.41 Å². The van der Waals surface area contributed by atoms with Crippen molar-refractivity contribution in [2.75, 3.05) is 6.54 Å². The van der Waals surface area contributed by atoms with Crippen LogP contribution in [0.25, 0.3) is 0 Å². The molecule has 1 unspecified atom stereocenters. The molecule has 0 bridgehead atoms. The Morgan fingerprint density at radius 3 is 1.80 bits per heavy atom. The van der Waals surface area contributed by atoms with Crippen LogP contribution >= 0.6 is 0 Å². The van der Waals surface area contributed by atoms with Crippen LogP contribution in [0.3, 0.4) is 0 Å². The van der Waals surface area contributed by atoms with Crippen LogP contribution in [-0.2, 0) is 0 Å². The average molecular weight is 282 g/mol. The highest BCUT2D eigenvalue weighted by Gasteiger charge is 2.36. The Balaban J connectivity index is 2.11. The number of unbranched alkanes of at least 4 members (excludes halogenated alkanes) is 7. The van der Waals surface area contributed by atoms with E-state index in [4.69, 9.17) is 0 Å². The molecule has 1 heteroatoms. The second-order valence-electron chi connectivity index (χ2n) is 7.44. The van der Waals surface area contributed by atoms with E-state index in [1.807, 2.05) is 0 Å². The van der Waals surface area contributed by atoms with Crippen molar-refractivity contribution in [2.45, 2.75) is 110 Å². The molecular weight excluding hydrogens is 242 g/mol. The van der Waals surface area contributed by atoms with Gasteiger partial charge in [-0.25, -0.2) is 0 Å². The molecule has 0 aromatic carbocycles. The Morgan fingerprint density at radius 2 is 1.30 bits per heavy atom. The fraction of sp³-hybridized carbons (Fsp3) is 1.00. The summed E-state index contributed by atoms with van der Waals surface area (Å²) in [5, 5.41) is 3.89. The Hall–Kier alpha value is -0.0400. The molecule has 1 rings (SSSR count). The van der Waals surface area contributed by atoms with Gasteiger partial charge in [0.15, 0.2) is 0 Å². The molecule has 0 heterocycles. The highest BCUT2D eigenvalue weighted by molar-refractivity contribution is 4.91. The maximum Gasteiger partial charge on any atom is 0.00672 e. The van der Waals surface area contributed by atoms with E-state index in [2.05, 4.69) is 26.1 Å². The monoisotopic (exact) mass is 281 g/mol. The molecule has 1 aliphatic carbocycles. The smallest absolute Gasteiger partial charge is 0.00672 e. The lowest BCUT2D eigenvalue weighted by molar-refractivity contribution is 0.377. The SMILES string of the molecule is CCCCCCCC(CCCCCC)NCC1(C)CC1. The molecular formula is C19H39N. The fourth-order valence-electron chi connectivity index (χ4n) is 2.94. The average Bonchev–Trinajstić information content (AvgIpc) is 3.18. The van der Waals surface area contributed by atoms with Crippen LogP contribution in [0.1, 0.15) is 104 Å². The van der Waals surface area contributed by atoms with Crippen molar-refractivity contribution in [3.63, 3.8) is 0 Å². The van der Waals surface area contributed by atoms with E-state index in [-0.39, 0.29) is 0 Å². The third-order valence-electron chi connectivity index (χ3n) is 4.98. The van der Waals surface area contributed by atoms with Crippen LogP contribution in [0.4, 0.5) is 0 Å². The second kappa shape index (κ2) is 10.7. The van der Waals surface area contributed by atoms with E-state index in [1.54, 1.807) is 0 Å². The standard InChI is InChI=1S/C19H39N/c1-4-6-8-10-12-14-18(13-11-9-7-5-2)20-17-19(3)15-16-19/h18,20H,4-17H2,1-3H3. The quantitative estimate of drug-likeness (QED) is 0.381. The Kier molecular flexibility index (Phi) is 9.59. The van der Waals surface area contributed by atoms with Crippen molar-refractivity contribution in [3.8, 4) is 0 Å². The Labute approximate surface area is 128 Å². The Bertz CT molecular complexity index is 220. The van der Waals surface area contributed by atoms with Crippen molar-refractivity contribution in [3.05, 3.63) is 0 Å². The molecule has 1 nitrogen and oxygen atoms in total. The zero-order valence-electron chi connectivity index (χ0n) is 14.5. The van der Waals surface area contributed by atoms with Gasteiger partial charge >= 0.3 is 0 Å². The van der Waals surface area contributed by atoms with Crippen LogP contribution in [0, 0.1) is 5.41 Å². The first-order valence-corrected chi connectivity index (χ1v) is 9.43. The van der Waals surface area contributed by atoms with Crippen molar-refractivity contribution >= 4 is 0 Å². The molecule has 0 saturated heterocycles. The molecule has 0 spiro atoms. The second-order valence-corrected chi connectivity index (χ2v) is 7.44. The molecule has 0 aliphatic heterocycles. The van der Waals surface area contributed by atoms with E-state index in [9.17, 15) is 0 Å². The lowest BCUT2D eigenvalue weighted by Gasteiger charge is -2.21. The van der Waals surface area contributed by atoms with Crippen LogP contribution in [0.5, 0.6) is 0 Å². The minimum atomic E-state index is 0.657. The largest absolute Gasteiger partial charge is 0.313 e. The third-order valence-corrected chi connectivity index (χ3v) is 4.98. The highest BCUT2D eigenvalue weighted by Crippen LogP contribution is 2.44. The lowest BCUT2D eigenvalue weighted by Crippen LogP contribution is -2.33. The first-order chi connectivity index (χ1) is 9.70. The predicted octanol–water partition coefficient (Wildman–Crippen LogP) is 6.08. The van der Waals surface area contributed by atoms with Crippen molar-refractivity contribution < 1.29 is 0 Å². The summed E-state index contributed by atoms with van der Waals surface area (Å²) in [4.78, 5) is 0. The van der Waals surface area contributed by atoms with Gasteiger partial charge in [-0.05, 0) is 31.1 Å². The zero-order chi connectivity index (χ0) is 14.7. The van der Waals surface area contributed by atoms with Gasteiger partial charge in [-0.2, -0.15) is 0 Å². The van der Waals surface area contributed by atoms with Crippen molar-refractivity contribution in [1.29, 1.82) is 0 Å². The first kappa shape index (κ1) is 18.0. The summed E-state index contributed by atoms with van der Waals surface area (Å²) in [6, 6.07) is 0.797. The summed E-state index contributed by atoms with van der Waals surface area (Å²) >= 11 is 0. The summed E-state index contributed by atoms with van der Waals surface area (Å²) < 4.78 is 0. The van der Waals surface area contributed by atoms with Gasteiger partial charge in [-0.15, -0.1) is 0 Å². The van der Waals surface area contributed by atoms with Gasteiger partial charge in [-0.1, -0.05) is 78.6 Å². The normalized spacial score (nSPS) is 18.1. The summed E-state index contributed by atoms with van der Waals surface area (Å²) in [7, 11) is 0. The number of hydrogen-bond acceptors (Lipinski definition) is 1. The summed E-state index contributed by atoms with van der Waals surface area (Å²) in [6.07, 6.45) is 18.4. The number of nitrogens with one attached hydrogen (secondary N) is 1. The molecule has 1 atom stereocenters. The van der Waals surface area contributed by atoms with Gasteiger partial charge in [0.05, 0.1) is 0 Å². The van der Waals surface area contributed by atoms with Crippen LogP contribution in [0.15, 0.2) is 0 Å². The molecule has 0 amide bonds. The molecule has 0 aromatic rings. The minimum Gasteiger partial charge on any atom is -0.313 e. The van der Waals surface area contributed by atoms with Gasteiger partial charge in [0.25, 0.3) is 0 Å². The zero-order valence-corrected chi connectivity index (χ0v) is 14.5. The molecule has 1 fully saturated rings. The molecule has 1 saturated carbocycles. The van der Waals surface area contributed by atoms with E-state index in [0.717, 1.165) is 6.04 Å². The van der Waals surface area contributed by atoms with E-state index in [1.165, 1.54) is 90.0 Å². The van der Waals surface area contributed by atoms with Crippen molar-refractivity contribution in [1.82, 2.24) is 5.32 Å². The minimum absolute atomic E-state index is 0.657. The third kappa shape index (κ3) is 9.00. The molecule has 20 heavy (non-hydrogen) atoms. The maximum atomic E-state index is 3.89. The highest BCUT2D eigenvalue weighted by atomic mass is 14.9. The fourth-order valence-corrected chi connectivity index (χ4v) is 2.94. The lowest BCUT2D eigenvalue weighted by atomic mass is 9.99. The molecule has 1 N–H and O–H groups in total. The number of hydrogen-bond donors (Lipinski definition) is 1. The van der Waals surface area contributed by atoms with Gasteiger partial charge in [0, 0.05) is 12.6 Å². The van der Waals surface area contributed by atoms with Crippen LogP contribution in [0.2, 0.25) is 0 Å². The van der Waals surface area contributed by atoms with Gasteiger partial charge < -0.3 is 5.32 Å². The molecule has 0 aromatic heterocycles. The topological polar surface area (TPSA) is 12.0 Å². The van der Waals surface area contributed by atoms with Crippen molar-refractivity contribution in [2.24, 2.45) is 5.41 Å². The van der Waals surface area contributed by atoms with Crippen LogP contribution < -0.4 is 5.32 Å². The maximum absolute atomic E-state index is 3.89. The van der Waals surface area contributed by atoms with Gasteiger partial charge in [0.1, 0.15) is 0 Å². The molecule has 0 radical (unpaired) electrons. The predicted molar refractivity (Wildman–Crippen MR) is 91.3 cm³/mol. The van der Waals surface area contributed by atoms with E-state index >= 15 is 0 Å². The van der Waals surface area contributed by atoms with Gasteiger partial charge in [-0.3, -0.25) is 0 Å². The van der Waals surface area contributed by atoms with Gasteiger partial charge in [0.2, 0.25) is 0 Å². The Morgan fingerprint density at radius 1 is 0.800 bits per heavy atom. The summed E-state index contributed by atoms with van der Waals surface area (Å²) in [5.41, 5.74) is 0.657. The first-order valence-electron chi connectivity index (χ1n) is 9.43. The molecule has 1 aliphatic rings. The van der Waals surface area contributed by atoms with Crippen LogP contribution in [-0.4, -0.2) is 12.6 Å². The summed E-state index contributed by atoms with van der Waals surface area (Å²) in [6.45, 7) is 8.31. The summed E-state index contributed by atoms with van der Waals surface area (Å²) in [5.74, 6) is 0. The molecule has 120 valence electrons. The number of rotatable bonds is 14. The van der Waals surface area contributed by atoms with E-state index < -0.39 is 0 Å².